The highest BCUT2D eigenvalue weighted by molar-refractivity contribution is 9.10. The van der Waals surface area contributed by atoms with Crippen LogP contribution < -0.4 is 11.3 Å². The lowest BCUT2D eigenvalue weighted by Crippen LogP contribution is -2.31. The van der Waals surface area contributed by atoms with Crippen molar-refractivity contribution < 1.29 is 8.78 Å². The number of hydrazine groups is 1. The van der Waals surface area contributed by atoms with Gasteiger partial charge in [0.2, 0.25) is 0 Å². The maximum absolute atomic E-state index is 14.1. The largest absolute Gasteiger partial charge is 0.271 e. The van der Waals surface area contributed by atoms with E-state index >= 15 is 0 Å². The minimum Gasteiger partial charge on any atom is -0.271 e. The van der Waals surface area contributed by atoms with Crippen molar-refractivity contribution in [1.82, 2.24) is 15.2 Å². The topological polar surface area (TPSA) is 55.9 Å². The summed E-state index contributed by atoms with van der Waals surface area (Å²) < 4.78 is 29.7. The summed E-state index contributed by atoms with van der Waals surface area (Å²) in [7, 11) is 1.69. The third-order valence-corrected chi connectivity index (χ3v) is 3.48. The monoisotopic (exact) mass is 330 g/mol. The van der Waals surface area contributed by atoms with E-state index in [0.29, 0.717) is 5.69 Å². The van der Waals surface area contributed by atoms with E-state index in [1.165, 1.54) is 12.1 Å². The van der Waals surface area contributed by atoms with Crippen molar-refractivity contribution >= 4 is 15.9 Å². The van der Waals surface area contributed by atoms with Crippen molar-refractivity contribution in [3.8, 4) is 0 Å². The summed E-state index contributed by atoms with van der Waals surface area (Å²) in [5.74, 6) is 4.12. The zero-order chi connectivity index (χ0) is 14.2. The lowest BCUT2D eigenvalue weighted by atomic mass is 10.0. The molecule has 0 saturated heterocycles. The van der Waals surface area contributed by atoms with Crippen LogP contribution in [0.1, 0.15) is 23.0 Å². The number of benzene rings is 1. The molecular formula is C12H13BrF2N4. The first-order valence-electron chi connectivity index (χ1n) is 5.55. The van der Waals surface area contributed by atoms with Gasteiger partial charge >= 0.3 is 0 Å². The predicted molar refractivity (Wildman–Crippen MR) is 71.2 cm³/mol. The maximum atomic E-state index is 14.1. The molecule has 1 atom stereocenters. The first-order valence-corrected chi connectivity index (χ1v) is 6.35. The van der Waals surface area contributed by atoms with Crippen molar-refractivity contribution in [1.29, 1.82) is 0 Å². The molecule has 0 spiro atoms. The molecule has 2 aromatic rings. The number of nitrogens with zero attached hydrogens (tertiary/aromatic N) is 2. The third kappa shape index (κ3) is 2.54. The SMILES string of the molecule is Cc1cc(C(NN)c2c(F)ccc(Br)c2F)n(C)n1. The van der Waals surface area contributed by atoms with Crippen molar-refractivity contribution in [3.63, 3.8) is 0 Å². The number of nitrogens with one attached hydrogen (secondary N) is 1. The average Bonchev–Trinajstić information content (AvgIpc) is 2.69. The van der Waals surface area contributed by atoms with Crippen LogP contribution in [0.15, 0.2) is 22.7 Å². The highest BCUT2D eigenvalue weighted by atomic mass is 79.9. The molecule has 19 heavy (non-hydrogen) atoms. The van der Waals surface area contributed by atoms with Gasteiger partial charge in [0, 0.05) is 12.6 Å². The molecule has 1 unspecified atom stereocenters. The third-order valence-electron chi connectivity index (χ3n) is 2.87. The van der Waals surface area contributed by atoms with Gasteiger partial charge in [0.05, 0.1) is 21.9 Å². The second-order valence-corrected chi connectivity index (χ2v) is 5.05. The summed E-state index contributed by atoms with van der Waals surface area (Å²) in [5, 5.41) is 4.15. The quantitative estimate of drug-likeness (QED) is 0.516. The van der Waals surface area contributed by atoms with E-state index in [4.69, 9.17) is 5.84 Å². The van der Waals surface area contributed by atoms with E-state index in [2.05, 4.69) is 26.5 Å². The fourth-order valence-electron chi connectivity index (χ4n) is 2.02. The summed E-state index contributed by atoms with van der Waals surface area (Å²) in [6, 6.07) is 3.42. The molecule has 2 rings (SSSR count). The van der Waals surface area contributed by atoms with Gasteiger partial charge < -0.3 is 0 Å². The molecule has 1 heterocycles. The number of nitrogens with two attached hydrogens (primary N) is 1. The molecule has 0 radical (unpaired) electrons. The van der Waals surface area contributed by atoms with Gasteiger partial charge in [-0.05, 0) is 41.1 Å². The second kappa shape index (κ2) is 5.36. The van der Waals surface area contributed by atoms with Gasteiger partial charge in [0.15, 0.2) is 0 Å². The number of aromatic nitrogens is 2. The van der Waals surface area contributed by atoms with Crippen LogP contribution in [0.2, 0.25) is 0 Å². The number of aryl methyl sites for hydroxylation is 2. The Kier molecular flexibility index (Phi) is 3.98. The average molecular weight is 331 g/mol. The van der Waals surface area contributed by atoms with E-state index in [1.807, 2.05) is 0 Å². The van der Waals surface area contributed by atoms with E-state index in [0.717, 1.165) is 5.69 Å². The van der Waals surface area contributed by atoms with Crippen molar-refractivity contribution in [2.45, 2.75) is 13.0 Å². The standard InChI is InChI=1S/C12H13BrF2N4/c1-6-5-9(19(2)18-6)12(17-16)10-8(14)4-3-7(13)11(10)15/h3-5,12,17H,16H2,1-2H3. The van der Waals surface area contributed by atoms with Crippen LogP contribution >= 0.6 is 15.9 Å². The molecule has 3 N–H and O–H groups in total. The Bertz CT molecular complexity index is 612. The van der Waals surface area contributed by atoms with Gasteiger partial charge in [0.1, 0.15) is 11.6 Å². The molecule has 7 heteroatoms. The molecule has 1 aromatic carbocycles. The lowest BCUT2D eigenvalue weighted by Gasteiger charge is -2.18. The van der Waals surface area contributed by atoms with Gasteiger partial charge in [-0.15, -0.1) is 0 Å². The summed E-state index contributed by atoms with van der Waals surface area (Å²) in [4.78, 5) is 0. The Hall–Kier alpha value is -1.31. The van der Waals surface area contributed by atoms with Crippen LogP contribution in [-0.4, -0.2) is 9.78 Å². The number of halogens is 3. The van der Waals surface area contributed by atoms with Gasteiger partial charge in [-0.25, -0.2) is 14.2 Å². The molecule has 4 nitrogen and oxygen atoms in total. The summed E-state index contributed by atoms with van der Waals surface area (Å²) >= 11 is 3.04. The summed E-state index contributed by atoms with van der Waals surface area (Å²) in [6.07, 6.45) is 0. The van der Waals surface area contributed by atoms with Gasteiger partial charge in [-0.2, -0.15) is 5.10 Å². The van der Waals surface area contributed by atoms with Crippen molar-refractivity contribution in [3.05, 3.63) is 51.3 Å². The Morgan fingerprint density at radius 2 is 2.11 bits per heavy atom. The van der Waals surface area contributed by atoms with Crippen molar-refractivity contribution in [2.24, 2.45) is 12.9 Å². The first-order chi connectivity index (χ1) is 8.95. The van der Waals surface area contributed by atoms with E-state index < -0.39 is 17.7 Å². The molecule has 0 saturated carbocycles. The molecule has 102 valence electrons. The lowest BCUT2D eigenvalue weighted by molar-refractivity contribution is 0.490. The molecule has 0 amide bonds. The second-order valence-electron chi connectivity index (χ2n) is 4.19. The Balaban J connectivity index is 2.61. The molecule has 1 aromatic heterocycles. The van der Waals surface area contributed by atoms with Gasteiger partial charge in [0.25, 0.3) is 0 Å². The van der Waals surface area contributed by atoms with Crippen LogP contribution in [0.5, 0.6) is 0 Å². The van der Waals surface area contributed by atoms with Crippen LogP contribution in [-0.2, 0) is 7.05 Å². The molecule has 0 fully saturated rings. The zero-order valence-corrected chi connectivity index (χ0v) is 12.0. The molecule has 0 aliphatic rings. The Morgan fingerprint density at radius 3 is 2.63 bits per heavy atom. The van der Waals surface area contributed by atoms with Crippen LogP contribution in [0.3, 0.4) is 0 Å². The predicted octanol–water partition coefficient (Wildman–Crippen LogP) is 2.32. The van der Waals surface area contributed by atoms with Crippen LogP contribution in [0.4, 0.5) is 8.78 Å². The minimum atomic E-state index is -0.816. The molecular weight excluding hydrogens is 318 g/mol. The highest BCUT2D eigenvalue weighted by Crippen LogP contribution is 2.30. The highest BCUT2D eigenvalue weighted by Gasteiger charge is 2.25. The molecule has 0 bridgehead atoms. The fraction of sp³-hybridized carbons (Fsp3) is 0.250. The van der Waals surface area contributed by atoms with Crippen molar-refractivity contribution in [2.75, 3.05) is 0 Å². The first kappa shape index (κ1) is 14.1. The summed E-state index contributed by atoms with van der Waals surface area (Å²) in [5.41, 5.74) is 3.62. The zero-order valence-electron chi connectivity index (χ0n) is 10.4. The minimum absolute atomic E-state index is 0.139. The normalized spacial score (nSPS) is 12.7. The van der Waals surface area contributed by atoms with Crippen LogP contribution in [0.25, 0.3) is 0 Å². The number of rotatable bonds is 3. The number of hydrogen-bond donors (Lipinski definition) is 2. The van der Waals surface area contributed by atoms with E-state index in [9.17, 15) is 8.78 Å². The smallest absolute Gasteiger partial charge is 0.145 e. The Morgan fingerprint density at radius 1 is 1.42 bits per heavy atom. The van der Waals surface area contributed by atoms with E-state index in [1.54, 1.807) is 24.7 Å². The van der Waals surface area contributed by atoms with Gasteiger partial charge in [-0.3, -0.25) is 10.5 Å². The van der Waals surface area contributed by atoms with Crippen LogP contribution in [0, 0.1) is 18.6 Å². The molecule has 0 aliphatic heterocycles. The Labute approximate surface area is 117 Å². The molecule has 0 aliphatic carbocycles. The van der Waals surface area contributed by atoms with Gasteiger partial charge in [-0.1, -0.05) is 0 Å². The summed E-state index contributed by atoms with van der Waals surface area (Å²) in [6.45, 7) is 1.80. The number of hydrogen-bond acceptors (Lipinski definition) is 3. The van der Waals surface area contributed by atoms with E-state index in [-0.39, 0.29) is 10.0 Å². The maximum Gasteiger partial charge on any atom is 0.145 e. The fourth-order valence-corrected chi connectivity index (χ4v) is 2.37.